The summed E-state index contributed by atoms with van der Waals surface area (Å²) in [6.45, 7) is 3.44. The van der Waals surface area contributed by atoms with Crippen LogP contribution in [0.15, 0.2) is 36.4 Å². The van der Waals surface area contributed by atoms with Gasteiger partial charge in [-0.3, -0.25) is 4.79 Å². The largest absolute Gasteiger partial charge is 0.387 e. The average molecular weight is 629 g/mol. The molecule has 1 spiro atoms. The number of carbonyl (C=O) groups is 1. The highest BCUT2D eigenvalue weighted by molar-refractivity contribution is 7.16. The van der Waals surface area contributed by atoms with Gasteiger partial charge >= 0.3 is 0 Å². The molecule has 0 saturated carbocycles. The third-order valence-electron chi connectivity index (χ3n) is 9.56. The summed E-state index contributed by atoms with van der Waals surface area (Å²) in [5.74, 6) is -0.782. The second kappa shape index (κ2) is 10.4. The number of pyridine rings is 1. The van der Waals surface area contributed by atoms with Crippen molar-refractivity contribution in [2.75, 3.05) is 49.6 Å². The lowest BCUT2D eigenvalue weighted by atomic mass is 9.72. The highest BCUT2D eigenvalue weighted by atomic mass is 32.1. The molecule has 2 atom stereocenters. The summed E-state index contributed by atoms with van der Waals surface area (Å²) in [5.41, 5.74) is 3.96. The number of halogens is 2. The minimum Gasteiger partial charge on any atom is -0.387 e. The fraction of sp³-hybridized carbons (Fsp3) is 0.394. The fourth-order valence-electron chi connectivity index (χ4n) is 7.32. The Balaban J connectivity index is 1.13. The van der Waals surface area contributed by atoms with Crippen molar-refractivity contribution < 1.29 is 23.4 Å². The highest BCUT2D eigenvalue weighted by Crippen LogP contribution is 2.48. The molecule has 3 saturated heterocycles. The quantitative estimate of drug-likeness (QED) is 0.326. The lowest BCUT2D eigenvalue weighted by molar-refractivity contribution is -0.155. The molecule has 4 aliphatic rings. The maximum absolute atomic E-state index is 15.9. The van der Waals surface area contributed by atoms with Gasteiger partial charge in [-0.15, -0.1) is 0 Å². The molecule has 1 N–H and O–H groups in total. The molecule has 0 radical (unpaired) electrons. The zero-order valence-corrected chi connectivity index (χ0v) is 25.4. The number of ether oxygens (including phenoxy) is 1. The van der Waals surface area contributed by atoms with Gasteiger partial charge in [-0.2, -0.15) is 5.26 Å². The summed E-state index contributed by atoms with van der Waals surface area (Å²) in [7, 11) is 1.82. The van der Waals surface area contributed by atoms with Crippen LogP contribution in [0.3, 0.4) is 0 Å². The first-order valence-electron chi connectivity index (χ1n) is 15.1. The monoisotopic (exact) mass is 628 g/mol. The molecule has 12 heteroatoms. The van der Waals surface area contributed by atoms with Crippen molar-refractivity contribution >= 4 is 44.7 Å². The Kier molecular flexibility index (Phi) is 6.57. The lowest BCUT2D eigenvalue weighted by Crippen LogP contribution is -2.73. The predicted octanol–water partition coefficient (Wildman–Crippen LogP) is 5.08. The highest BCUT2D eigenvalue weighted by Gasteiger charge is 2.54. The summed E-state index contributed by atoms with van der Waals surface area (Å²) in [4.78, 5) is 28.4. The van der Waals surface area contributed by atoms with E-state index in [-0.39, 0.29) is 28.8 Å². The lowest BCUT2D eigenvalue weighted by Gasteiger charge is -2.61. The molecule has 4 aromatic rings. The standard InChI is InChI=1S/C33H30F2N6O3S/c1-39(32-38-27(26(13-36)45-32)18-4-6-19(34)7-5-18)30-21-8-9-24(42)29(21)37-28-22(30)11-20(12-23(28)35)40-14-33(15-40)16-41(17-33)31(43)25-3-2-10-44-25/h4-7,11-12,24-25,42H,2-3,8-10,14-17H2,1H3/t24-,25+/m1/s1. The molecule has 2 aromatic carbocycles. The minimum absolute atomic E-state index is 0.00491. The van der Waals surface area contributed by atoms with Gasteiger partial charge in [0.1, 0.15) is 34.1 Å². The van der Waals surface area contributed by atoms with Gasteiger partial charge in [0.2, 0.25) is 0 Å². The number of fused-ring (bicyclic) bond motifs is 2. The number of carbonyl (C=O) groups excluding carboxylic acids is 1. The van der Waals surface area contributed by atoms with Gasteiger partial charge in [0, 0.05) is 67.4 Å². The number of hydrogen-bond acceptors (Lipinski definition) is 9. The second-order valence-corrected chi connectivity index (χ2v) is 13.6. The first-order valence-corrected chi connectivity index (χ1v) is 16.0. The van der Waals surface area contributed by atoms with Crippen molar-refractivity contribution in [1.29, 1.82) is 5.26 Å². The number of amides is 1. The van der Waals surface area contributed by atoms with E-state index in [0.29, 0.717) is 83.7 Å². The van der Waals surface area contributed by atoms with Crippen molar-refractivity contribution in [3.63, 3.8) is 0 Å². The smallest absolute Gasteiger partial charge is 0.251 e. The van der Waals surface area contributed by atoms with Crippen molar-refractivity contribution in [2.45, 2.75) is 37.9 Å². The molecule has 1 aliphatic carbocycles. The van der Waals surface area contributed by atoms with Crippen molar-refractivity contribution in [3.05, 3.63) is 64.2 Å². The topological polar surface area (TPSA) is 106 Å². The van der Waals surface area contributed by atoms with Crippen LogP contribution in [0.5, 0.6) is 0 Å². The molecule has 45 heavy (non-hydrogen) atoms. The number of aliphatic hydroxyl groups is 1. The Labute approximate surface area is 262 Å². The van der Waals surface area contributed by atoms with Gasteiger partial charge in [-0.25, -0.2) is 18.7 Å². The molecule has 3 aliphatic heterocycles. The maximum Gasteiger partial charge on any atom is 0.251 e. The van der Waals surface area contributed by atoms with E-state index < -0.39 is 11.9 Å². The van der Waals surface area contributed by atoms with E-state index in [2.05, 4.69) is 16.0 Å². The third-order valence-corrected chi connectivity index (χ3v) is 10.6. The van der Waals surface area contributed by atoms with Gasteiger partial charge in [0.05, 0.1) is 17.5 Å². The van der Waals surface area contributed by atoms with Crippen molar-refractivity contribution in [2.24, 2.45) is 5.41 Å². The number of nitriles is 1. The summed E-state index contributed by atoms with van der Waals surface area (Å²) in [6.07, 6.45) is 1.63. The first kappa shape index (κ1) is 28.3. The molecule has 3 fully saturated rings. The van der Waals surface area contributed by atoms with Gasteiger partial charge in [0.15, 0.2) is 10.9 Å². The molecule has 0 bridgehead atoms. The van der Waals surface area contributed by atoms with Crippen LogP contribution in [0.2, 0.25) is 0 Å². The number of benzene rings is 2. The maximum atomic E-state index is 15.9. The molecular formula is C33H30F2N6O3S. The van der Waals surface area contributed by atoms with E-state index in [1.165, 1.54) is 29.5 Å². The van der Waals surface area contributed by atoms with Gasteiger partial charge in [-0.1, -0.05) is 11.3 Å². The number of aromatic nitrogens is 2. The van der Waals surface area contributed by atoms with Crippen LogP contribution in [-0.2, 0) is 16.0 Å². The van der Waals surface area contributed by atoms with Gasteiger partial charge in [0.25, 0.3) is 5.91 Å². The van der Waals surface area contributed by atoms with Crippen LogP contribution >= 0.6 is 11.3 Å². The molecule has 9 nitrogen and oxygen atoms in total. The molecule has 5 heterocycles. The second-order valence-electron chi connectivity index (χ2n) is 12.6. The fourth-order valence-corrected chi connectivity index (χ4v) is 8.18. The van der Waals surface area contributed by atoms with Crippen molar-refractivity contribution in [1.82, 2.24) is 14.9 Å². The average Bonchev–Trinajstić information content (AvgIpc) is 3.76. The third kappa shape index (κ3) is 4.56. The Hall–Kier alpha value is -4.18. The molecule has 8 rings (SSSR count). The van der Waals surface area contributed by atoms with E-state index in [4.69, 9.17) is 9.72 Å². The Bertz CT molecular complexity index is 1890. The number of likely N-dealkylation sites (tertiary alicyclic amines) is 1. The Morgan fingerprint density at radius 1 is 1.16 bits per heavy atom. The molecule has 0 unspecified atom stereocenters. The van der Waals surface area contributed by atoms with E-state index in [9.17, 15) is 19.6 Å². The van der Waals surface area contributed by atoms with Gasteiger partial charge < -0.3 is 24.5 Å². The summed E-state index contributed by atoms with van der Waals surface area (Å²) < 4.78 is 35.0. The first-order chi connectivity index (χ1) is 21.7. The molecule has 2 aromatic heterocycles. The van der Waals surface area contributed by atoms with Crippen LogP contribution in [0, 0.1) is 28.4 Å². The Morgan fingerprint density at radius 3 is 2.64 bits per heavy atom. The number of rotatable bonds is 5. The molecule has 1 amide bonds. The number of nitrogens with zero attached hydrogens (tertiary/aromatic N) is 6. The Morgan fingerprint density at radius 2 is 1.93 bits per heavy atom. The molecule has 230 valence electrons. The van der Waals surface area contributed by atoms with E-state index in [1.54, 1.807) is 12.1 Å². The summed E-state index contributed by atoms with van der Waals surface area (Å²) >= 11 is 1.20. The normalized spacial score (nSPS) is 21.5. The van der Waals surface area contributed by atoms with E-state index in [0.717, 1.165) is 24.1 Å². The van der Waals surface area contributed by atoms with Crippen LogP contribution < -0.4 is 9.80 Å². The van der Waals surface area contributed by atoms with E-state index in [1.807, 2.05) is 22.9 Å². The summed E-state index contributed by atoms with van der Waals surface area (Å²) in [6, 6.07) is 11.5. The predicted molar refractivity (Wildman–Crippen MR) is 165 cm³/mol. The van der Waals surface area contributed by atoms with E-state index >= 15 is 4.39 Å². The zero-order valence-electron chi connectivity index (χ0n) is 24.6. The number of thiazole rings is 1. The zero-order chi connectivity index (χ0) is 31.0. The number of aliphatic hydroxyl groups excluding tert-OH is 1. The minimum atomic E-state index is -0.800. The SMILES string of the molecule is CN(c1nc(-c2ccc(F)cc2)c(C#N)s1)c1c2c(nc3c(F)cc(N4CC5(CN(C(=O)[C@@H]6CCCO6)C5)C4)cc13)[C@H](O)CC2. The van der Waals surface area contributed by atoms with Crippen LogP contribution in [0.1, 0.15) is 41.5 Å². The summed E-state index contributed by atoms with van der Waals surface area (Å²) in [5, 5.41) is 21.8. The van der Waals surface area contributed by atoms with Crippen LogP contribution in [0.4, 0.5) is 25.3 Å². The van der Waals surface area contributed by atoms with Gasteiger partial charge in [-0.05, 0) is 62.1 Å². The number of hydrogen-bond donors (Lipinski definition) is 1. The van der Waals surface area contributed by atoms with Crippen molar-refractivity contribution in [3.8, 4) is 17.3 Å². The van der Waals surface area contributed by atoms with Crippen LogP contribution in [0.25, 0.3) is 22.2 Å². The van der Waals surface area contributed by atoms with Crippen LogP contribution in [-0.4, -0.2) is 71.8 Å². The number of anilines is 3. The molecular weight excluding hydrogens is 598 g/mol.